The van der Waals surface area contributed by atoms with Crippen LogP contribution in [0.3, 0.4) is 0 Å². The van der Waals surface area contributed by atoms with E-state index in [1.54, 1.807) is 18.2 Å². The number of anilines is 1. The van der Waals surface area contributed by atoms with E-state index in [1.807, 2.05) is 6.92 Å². The average molecular weight is 388 g/mol. The molecule has 0 saturated carbocycles. The van der Waals surface area contributed by atoms with Gasteiger partial charge in [0.15, 0.2) is 6.61 Å². The maximum absolute atomic E-state index is 12.4. The zero-order valence-electron chi connectivity index (χ0n) is 12.1. The van der Waals surface area contributed by atoms with Crippen molar-refractivity contribution in [3.63, 3.8) is 0 Å². The lowest BCUT2D eigenvalue weighted by Crippen LogP contribution is -2.20. The molecule has 2 aromatic carbocycles. The first-order valence-electron chi connectivity index (χ1n) is 6.62. The minimum atomic E-state index is -4.40. The summed E-state index contributed by atoms with van der Waals surface area (Å²) in [6.07, 6.45) is -4.40. The average Bonchev–Trinajstić information content (AvgIpc) is 2.48. The lowest BCUT2D eigenvalue weighted by Gasteiger charge is -2.10. The molecule has 0 bridgehead atoms. The van der Waals surface area contributed by atoms with Crippen molar-refractivity contribution in [3.05, 3.63) is 58.1 Å². The highest BCUT2D eigenvalue weighted by atomic mass is 79.9. The Morgan fingerprint density at radius 2 is 1.83 bits per heavy atom. The van der Waals surface area contributed by atoms with Gasteiger partial charge in [-0.15, -0.1) is 0 Å². The topological polar surface area (TPSA) is 38.3 Å². The van der Waals surface area contributed by atoms with Crippen LogP contribution in [0.25, 0.3) is 0 Å². The van der Waals surface area contributed by atoms with Crippen LogP contribution in [0.2, 0.25) is 0 Å². The third-order valence-electron chi connectivity index (χ3n) is 3.00. The summed E-state index contributed by atoms with van der Waals surface area (Å²) >= 11 is 3.36. The van der Waals surface area contributed by atoms with Crippen molar-refractivity contribution in [2.24, 2.45) is 0 Å². The van der Waals surface area contributed by atoms with Crippen molar-refractivity contribution < 1.29 is 22.7 Å². The van der Waals surface area contributed by atoms with Gasteiger partial charge in [0, 0.05) is 10.2 Å². The van der Waals surface area contributed by atoms with Crippen LogP contribution in [-0.4, -0.2) is 12.5 Å². The van der Waals surface area contributed by atoms with Gasteiger partial charge in [-0.1, -0.05) is 15.9 Å². The summed E-state index contributed by atoms with van der Waals surface area (Å²) in [5, 5.41) is 2.48. The highest BCUT2D eigenvalue weighted by Crippen LogP contribution is 2.29. The predicted molar refractivity (Wildman–Crippen MR) is 84.4 cm³/mol. The Balaban J connectivity index is 1.90. The fourth-order valence-electron chi connectivity index (χ4n) is 1.80. The Kier molecular flexibility index (Phi) is 5.30. The zero-order valence-corrected chi connectivity index (χ0v) is 13.7. The van der Waals surface area contributed by atoms with E-state index in [0.717, 1.165) is 22.2 Å². The molecule has 0 aromatic heterocycles. The second kappa shape index (κ2) is 7.04. The van der Waals surface area contributed by atoms with Gasteiger partial charge < -0.3 is 10.1 Å². The van der Waals surface area contributed by atoms with E-state index in [1.165, 1.54) is 12.1 Å². The van der Waals surface area contributed by atoms with Gasteiger partial charge in [0.2, 0.25) is 0 Å². The molecule has 1 N–H and O–H groups in total. The summed E-state index contributed by atoms with van der Waals surface area (Å²) in [6, 6.07) is 9.51. The Bertz CT molecular complexity index is 699. The summed E-state index contributed by atoms with van der Waals surface area (Å²) in [7, 11) is 0. The quantitative estimate of drug-likeness (QED) is 0.818. The number of amides is 1. The summed E-state index contributed by atoms with van der Waals surface area (Å²) in [4.78, 5) is 11.8. The first-order valence-corrected chi connectivity index (χ1v) is 7.41. The first kappa shape index (κ1) is 17.3. The molecule has 7 heteroatoms. The van der Waals surface area contributed by atoms with Gasteiger partial charge in [0.05, 0.1) is 5.56 Å². The SMILES string of the molecule is Cc1cc(OCC(=O)Nc2ccc(C(F)(F)F)cc2)ccc1Br. The van der Waals surface area contributed by atoms with Crippen LogP contribution in [0.5, 0.6) is 5.75 Å². The van der Waals surface area contributed by atoms with Crippen LogP contribution in [0.15, 0.2) is 46.9 Å². The molecule has 23 heavy (non-hydrogen) atoms. The molecule has 0 unspecified atom stereocenters. The van der Waals surface area contributed by atoms with Crippen LogP contribution < -0.4 is 10.1 Å². The smallest absolute Gasteiger partial charge is 0.416 e. The molecule has 2 rings (SSSR count). The molecule has 0 aliphatic carbocycles. The number of alkyl halides is 3. The Labute approximate surface area is 139 Å². The highest BCUT2D eigenvalue weighted by molar-refractivity contribution is 9.10. The molecule has 3 nitrogen and oxygen atoms in total. The fourth-order valence-corrected chi connectivity index (χ4v) is 2.04. The number of benzene rings is 2. The summed E-state index contributed by atoms with van der Waals surface area (Å²) < 4.78 is 43.6. The number of hydrogen-bond donors (Lipinski definition) is 1. The van der Waals surface area contributed by atoms with Crippen LogP contribution in [-0.2, 0) is 11.0 Å². The van der Waals surface area contributed by atoms with Crippen molar-refractivity contribution >= 4 is 27.5 Å². The summed E-state index contributed by atoms with van der Waals surface area (Å²) in [5.41, 5.74) is 0.473. The third-order valence-corrected chi connectivity index (χ3v) is 3.89. The van der Waals surface area contributed by atoms with Crippen molar-refractivity contribution in [1.82, 2.24) is 0 Å². The molecule has 0 radical (unpaired) electrons. The molecule has 122 valence electrons. The minimum absolute atomic E-state index is 0.234. The van der Waals surface area contributed by atoms with E-state index < -0.39 is 17.6 Å². The number of rotatable bonds is 4. The molecule has 0 spiro atoms. The number of ether oxygens (including phenoxy) is 1. The number of nitrogens with one attached hydrogen (secondary N) is 1. The minimum Gasteiger partial charge on any atom is -0.484 e. The Morgan fingerprint density at radius 1 is 1.17 bits per heavy atom. The zero-order chi connectivity index (χ0) is 17.0. The van der Waals surface area contributed by atoms with Gasteiger partial charge in [-0.2, -0.15) is 13.2 Å². The summed E-state index contributed by atoms with van der Waals surface area (Å²) in [5.74, 6) is 0.0820. The van der Waals surface area contributed by atoms with E-state index in [9.17, 15) is 18.0 Å². The van der Waals surface area contributed by atoms with E-state index in [-0.39, 0.29) is 12.3 Å². The molecule has 0 aliphatic rings. The third kappa shape index (κ3) is 4.99. The lowest BCUT2D eigenvalue weighted by molar-refractivity contribution is -0.137. The van der Waals surface area contributed by atoms with Crippen LogP contribution in [0, 0.1) is 6.92 Å². The van der Waals surface area contributed by atoms with Crippen molar-refractivity contribution in [1.29, 1.82) is 0 Å². The first-order chi connectivity index (χ1) is 10.8. The standard InChI is InChI=1S/C16H13BrF3NO2/c1-10-8-13(6-7-14(10)17)23-9-15(22)21-12-4-2-11(3-5-12)16(18,19)20/h2-8H,9H2,1H3,(H,21,22). The van der Waals surface area contributed by atoms with Crippen molar-refractivity contribution in [3.8, 4) is 5.75 Å². The largest absolute Gasteiger partial charge is 0.484 e. The van der Waals surface area contributed by atoms with Gasteiger partial charge in [0.1, 0.15) is 5.75 Å². The van der Waals surface area contributed by atoms with E-state index >= 15 is 0 Å². The number of halogens is 4. The molecular formula is C16H13BrF3NO2. The molecule has 0 heterocycles. The van der Waals surface area contributed by atoms with Crippen LogP contribution in [0.4, 0.5) is 18.9 Å². The highest BCUT2D eigenvalue weighted by Gasteiger charge is 2.29. The number of hydrogen-bond acceptors (Lipinski definition) is 2. The lowest BCUT2D eigenvalue weighted by atomic mass is 10.2. The Morgan fingerprint density at radius 3 is 2.39 bits per heavy atom. The molecule has 0 saturated heterocycles. The van der Waals surface area contributed by atoms with Gasteiger partial charge in [-0.3, -0.25) is 4.79 Å². The fraction of sp³-hybridized carbons (Fsp3) is 0.188. The number of carbonyl (C=O) groups excluding carboxylic acids is 1. The predicted octanol–water partition coefficient (Wildman–Crippen LogP) is 4.79. The van der Waals surface area contributed by atoms with Gasteiger partial charge in [-0.05, 0) is 55.0 Å². The molecule has 0 fully saturated rings. The van der Waals surface area contributed by atoms with E-state index in [2.05, 4.69) is 21.2 Å². The molecule has 0 atom stereocenters. The Hall–Kier alpha value is -2.02. The molecule has 0 aliphatic heterocycles. The summed E-state index contributed by atoms with van der Waals surface area (Å²) in [6.45, 7) is 1.65. The normalized spacial score (nSPS) is 11.2. The van der Waals surface area contributed by atoms with E-state index in [4.69, 9.17) is 4.74 Å². The molecule has 1 amide bonds. The number of aryl methyl sites for hydroxylation is 1. The van der Waals surface area contributed by atoms with Crippen LogP contribution in [0.1, 0.15) is 11.1 Å². The maximum Gasteiger partial charge on any atom is 0.416 e. The van der Waals surface area contributed by atoms with Crippen LogP contribution >= 0.6 is 15.9 Å². The number of carbonyl (C=O) groups is 1. The van der Waals surface area contributed by atoms with Gasteiger partial charge >= 0.3 is 6.18 Å². The van der Waals surface area contributed by atoms with Crippen molar-refractivity contribution in [2.45, 2.75) is 13.1 Å². The monoisotopic (exact) mass is 387 g/mol. The second-order valence-electron chi connectivity index (χ2n) is 4.82. The molecule has 2 aromatic rings. The second-order valence-corrected chi connectivity index (χ2v) is 5.68. The van der Waals surface area contributed by atoms with Gasteiger partial charge in [-0.25, -0.2) is 0 Å². The molecular weight excluding hydrogens is 375 g/mol. The van der Waals surface area contributed by atoms with E-state index in [0.29, 0.717) is 5.75 Å². The van der Waals surface area contributed by atoms with Crippen molar-refractivity contribution in [2.75, 3.05) is 11.9 Å². The maximum atomic E-state index is 12.4. The van der Waals surface area contributed by atoms with Gasteiger partial charge in [0.25, 0.3) is 5.91 Å².